The molecule has 0 aromatic carbocycles. The Hall–Kier alpha value is -0.870. The van der Waals surface area contributed by atoms with Crippen molar-refractivity contribution in [3.05, 3.63) is 18.0 Å². The average Bonchev–Trinajstić information content (AvgIpc) is 2.71. The molecule has 15 heavy (non-hydrogen) atoms. The van der Waals surface area contributed by atoms with Crippen molar-refractivity contribution in [2.24, 2.45) is 5.73 Å². The van der Waals surface area contributed by atoms with Gasteiger partial charge in [-0.05, 0) is 26.3 Å². The summed E-state index contributed by atoms with van der Waals surface area (Å²) in [5.41, 5.74) is 6.00. The molecule has 1 aromatic heterocycles. The van der Waals surface area contributed by atoms with Crippen molar-refractivity contribution in [2.75, 3.05) is 6.54 Å². The third kappa shape index (κ3) is 2.58. The summed E-state index contributed by atoms with van der Waals surface area (Å²) in [6.45, 7) is 4.04. The lowest BCUT2D eigenvalue weighted by molar-refractivity contribution is 0.111. The Morgan fingerprint density at radius 1 is 1.67 bits per heavy atom. The lowest BCUT2D eigenvalue weighted by Crippen LogP contribution is -2.48. The zero-order valence-corrected chi connectivity index (χ0v) is 9.22. The summed E-state index contributed by atoms with van der Waals surface area (Å²) in [5, 5.41) is 3.72. The van der Waals surface area contributed by atoms with E-state index in [2.05, 4.69) is 17.0 Å². The van der Waals surface area contributed by atoms with Gasteiger partial charge in [-0.1, -0.05) is 11.6 Å². The van der Waals surface area contributed by atoms with E-state index in [4.69, 9.17) is 10.3 Å². The molecule has 0 saturated carbocycles. The Balaban J connectivity index is 1.99. The molecule has 4 nitrogen and oxygen atoms in total. The summed E-state index contributed by atoms with van der Waals surface area (Å²) in [6.07, 6.45) is 5.45. The van der Waals surface area contributed by atoms with Crippen LogP contribution in [0, 0.1) is 0 Å². The Bertz CT molecular complexity index is 284. The summed E-state index contributed by atoms with van der Waals surface area (Å²) in [7, 11) is 0. The second kappa shape index (κ2) is 4.77. The molecule has 0 spiro atoms. The highest BCUT2D eigenvalue weighted by Crippen LogP contribution is 2.21. The van der Waals surface area contributed by atoms with Gasteiger partial charge in [0.2, 0.25) is 0 Å². The molecule has 1 aliphatic heterocycles. The van der Waals surface area contributed by atoms with E-state index in [1.165, 1.54) is 19.3 Å². The second-order valence-corrected chi connectivity index (χ2v) is 4.37. The van der Waals surface area contributed by atoms with Crippen molar-refractivity contribution in [3.63, 3.8) is 0 Å². The molecule has 1 saturated heterocycles. The first-order chi connectivity index (χ1) is 7.27. The first-order valence-electron chi connectivity index (χ1n) is 5.66. The van der Waals surface area contributed by atoms with E-state index in [1.807, 2.05) is 6.07 Å². The van der Waals surface area contributed by atoms with Gasteiger partial charge < -0.3 is 10.3 Å². The van der Waals surface area contributed by atoms with Crippen LogP contribution in [0.1, 0.15) is 31.9 Å². The van der Waals surface area contributed by atoms with E-state index in [9.17, 15) is 0 Å². The molecule has 2 heterocycles. The van der Waals surface area contributed by atoms with Crippen LogP contribution in [-0.4, -0.2) is 28.7 Å². The molecule has 1 fully saturated rings. The largest absolute Gasteiger partial charge is 0.360 e. The Kier molecular flexibility index (Phi) is 3.38. The number of likely N-dealkylation sites (tertiary alicyclic amines) is 1. The standard InChI is InChI=1S/C11H19N3O/c1-9(12)11-4-2-3-7-14(11)8-10-5-6-13-15-10/h5-6,9,11H,2-4,7-8,12H2,1H3. The van der Waals surface area contributed by atoms with Crippen molar-refractivity contribution in [1.29, 1.82) is 0 Å². The quantitative estimate of drug-likeness (QED) is 0.817. The number of hydrogen-bond acceptors (Lipinski definition) is 4. The fourth-order valence-electron chi connectivity index (χ4n) is 2.33. The molecule has 0 amide bonds. The zero-order valence-electron chi connectivity index (χ0n) is 9.22. The third-order valence-corrected chi connectivity index (χ3v) is 3.12. The highest BCUT2D eigenvalue weighted by Gasteiger charge is 2.25. The van der Waals surface area contributed by atoms with E-state index in [-0.39, 0.29) is 6.04 Å². The van der Waals surface area contributed by atoms with Crippen molar-refractivity contribution < 1.29 is 4.52 Å². The van der Waals surface area contributed by atoms with Crippen LogP contribution in [0.15, 0.2) is 16.8 Å². The lowest BCUT2D eigenvalue weighted by Gasteiger charge is -2.37. The van der Waals surface area contributed by atoms with Crippen LogP contribution in [0.3, 0.4) is 0 Å². The maximum Gasteiger partial charge on any atom is 0.150 e. The van der Waals surface area contributed by atoms with Gasteiger partial charge in [-0.2, -0.15) is 0 Å². The van der Waals surface area contributed by atoms with Crippen LogP contribution in [0.5, 0.6) is 0 Å². The summed E-state index contributed by atoms with van der Waals surface area (Å²) in [5.74, 6) is 0.933. The minimum atomic E-state index is 0.230. The van der Waals surface area contributed by atoms with E-state index < -0.39 is 0 Å². The van der Waals surface area contributed by atoms with Gasteiger partial charge in [0, 0.05) is 18.2 Å². The minimum absolute atomic E-state index is 0.230. The van der Waals surface area contributed by atoms with Gasteiger partial charge in [-0.3, -0.25) is 4.90 Å². The summed E-state index contributed by atoms with van der Waals surface area (Å²) in [6, 6.07) is 2.64. The second-order valence-electron chi connectivity index (χ2n) is 4.37. The molecule has 1 aromatic rings. The lowest BCUT2D eigenvalue weighted by atomic mass is 9.97. The monoisotopic (exact) mass is 209 g/mol. The number of nitrogens with zero attached hydrogens (tertiary/aromatic N) is 2. The average molecular weight is 209 g/mol. The molecule has 2 unspecified atom stereocenters. The van der Waals surface area contributed by atoms with Crippen LogP contribution in [0.25, 0.3) is 0 Å². The molecule has 2 N–H and O–H groups in total. The summed E-state index contributed by atoms with van der Waals surface area (Å²) < 4.78 is 5.13. The van der Waals surface area contributed by atoms with E-state index in [0.717, 1.165) is 18.8 Å². The maximum absolute atomic E-state index is 6.00. The van der Waals surface area contributed by atoms with E-state index in [0.29, 0.717) is 6.04 Å². The molecule has 0 radical (unpaired) electrons. The van der Waals surface area contributed by atoms with Gasteiger partial charge in [0.15, 0.2) is 5.76 Å². The van der Waals surface area contributed by atoms with Crippen LogP contribution in [-0.2, 0) is 6.54 Å². The molecule has 4 heteroatoms. The third-order valence-electron chi connectivity index (χ3n) is 3.12. The van der Waals surface area contributed by atoms with Crippen molar-refractivity contribution in [3.8, 4) is 0 Å². The molecular formula is C11H19N3O. The smallest absolute Gasteiger partial charge is 0.150 e. The van der Waals surface area contributed by atoms with Gasteiger partial charge in [0.05, 0.1) is 12.7 Å². The molecule has 0 aliphatic carbocycles. The molecule has 2 rings (SSSR count). The van der Waals surface area contributed by atoms with Crippen molar-refractivity contribution >= 4 is 0 Å². The van der Waals surface area contributed by atoms with Gasteiger partial charge in [0.25, 0.3) is 0 Å². The van der Waals surface area contributed by atoms with E-state index >= 15 is 0 Å². The molecular weight excluding hydrogens is 190 g/mol. The number of rotatable bonds is 3. The summed E-state index contributed by atoms with van der Waals surface area (Å²) in [4.78, 5) is 2.41. The first kappa shape index (κ1) is 10.6. The van der Waals surface area contributed by atoms with Crippen LogP contribution < -0.4 is 5.73 Å². The predicted molar refractivity (Wildman–Crippen MR) is 58.2 cm³/mol. The van der Waals surface area contributed by atoms with Crippen LogP contribution in [0.2, 0.25) is 0 Å². The SMILES string of the molecule is CC(N)C1CCCCN1Cc1ccno1. The summed E-state index contributed by atoms with van der Waals surface area (Å²) >= 11 is 0. The Morgan fingerprint density at radius 3 is 3.20 bits per heavy atom. The van der Waals surface area contributed by atoms with Gasteiger partial charge in [-0.15, -0.1) is 0 Å². The molecule has 0 bridgehead atoms. The predicted octanol–water partition coefficient (Wildman–Crippen LogP) is 1.38. The highest BCUT2D eigenvalue weighted by molar-refractivity contribution is 4.95. The Labute approximate surface area is 90.4 Å². The number of piperidine rings is 1. The Morgan fingerprint density at radius 2 is 2.53 bits per heavy atom. The van der Waals surface area contributed by atoms with Gasteiger partial charge in [-0.25, -0.2) is 0 Å². The van der Waals surface area contributed by atoms with Crippen LogP contribution in [0.4, 0.5) is 0 Å². The molecule has 1 aliphatic rings. The number of hydrogen-bond donors (Lipinski definition) is 1. The minimum Gasteiger partial charge on any atom is -0.360 e. The van der Waals surface area contributed by atoms with Crippen molar-refractivity contribution in [1.82, 2.24) is 10.1 Å². The van der Waals surface area contributed by atoms with Crippen molar-refractivity contribution in [2.45, 2.75) is 44.8 Å². The van der Waals surface area contributed by atoms with Gasteiger partial charge in [0.1, 0.15) is 0 Å². The number of aromatic nitrogens is 1. The topological polar surface area (TPSA) is 55.3 Å². The highest BCUT2D eigenvalue weighted by atomic mass is 16.5. The molecule has 84 valence electrons. The fourth-order valence-corrected chi connectivity index (χ4v) is 2.33. The first-order valence-corrected chi connectivity index (χ1v) is 5.66. The van der Waals surface area contributed by atoms with E-state index in [1.54, 1.807) is 6.20 Å². The fraction of sp³-hybridized carbons (Fsp3) is 0.727. The van der Waals surface area contributed by atoms with Gasteiger partial charge >= 0.3 is 0 Å². The maximum atomic E-state index is 6.00. The van der Waals surface area contributed by atoms with Crippen LogP contribution >= 0.6 is 0 Å². The molecule has 2 atom stereocenters. The number of nitrogens with two attached hydrogens (primary N) is 1. The normalized spacial score (nSPS) is 25.3. The zero-order chi connectivity index (χ0) is 10.7.